The molecule has 4 rings (SSSR count). The lowest BCUT2D eigenvalue weighted by Crippen LogP contribution is -2.44. The maximum absolute atomic E-state index is 12.7. The molecule has 0 radical (unpaired) electrons. The molecule has 0 bridgehead atoms. The summed E-state index contributed by atoms with van der Waals surface area (Å²) in [5.74, 6) is -0.161. The van der Waals surface area contributed by atoms with Crippen molar-refractivity contribution in [2.75, 3.05) is 19.8 Å². The van der Waals surface area contributed by atoms with Crippen molar-refractivity contribution in [2.45, 2.75) is 18.3 Å². The third kappa shape index (κ3) is 3.97. The minimum Gasteiger partial charge on any atom is -0.381 e. The number of rotatable bonds is 5. The normalized spacial score (nSPS) is 16.1. The highest BCUT2D eigenvalue weighted by Gasteiger charge is 2.35. The molecule has 3 aromatic rings. The number of hydrogen-bond donors (Lipinski definition) is 1. The van der Waals surface area contributed by atoms with Gasteiger partial charge in [0.15, 0.2) is 0 Å². The van der Waals surface area contributed by atoms with Gasteiger partial charge < -0.3 is 10.1 Å². The SMILES string of the molecule is Cn1cc(-c2nc(C(=O)NCC3(c4ccc(Cl)cc4)CCOCC3)cs2)cn1. The molecular weight excluding hydrogens is 396 g/mol. The standard InChI is InChI=1S/C20H21ClN4O2S/c1-25-11-14(10-23-25)19-24-17(12-28-19)18(26)22-13-20(6-8-27-9-7-20)15-2-4-16(21)5-3-15/h2-5,10-12H,6-9,13H2,1H3,(H,22,26). The highest BCUT2D eigenvalue weighted by Crippen LogP contribution is 2.35. The van der Waals surface area contributed by atoms with Crippen molar-refractivity contribution in [2.24, 2.45) is 7.05 Å². The average Bonchev–Trinajstić information content (AvgIpc) is 3.36. The van der Waals surface area contributed by atoms with Crippen molar-refractivity contribution in [3.05, 3.63) is 58.3 Å². The van der Waals surface area contributed by atoms with E-state index in [1.165, 1.54) is 16.9 Å². The van der Waals surface area contributed by atoms with Crippen molar-refractivity contribution in [1.82, 2.24) is 20.1 Å². The van der Waals surface area contributed by atoms with Crippen LogP contribution in [0, 0.1) is 0 Å². The number of aryl methyl sites for hydroxylation is 1. The Balaban J connectivity index is 1.49. The number of ether oxygens (including phenoxy) is 1. The van der Waals surface area contributed by atoms with Crippen LogP contribution >= 0.6 is 22.9 Å². The second-order valence-corrected chi connectivity index (χ2v) is 8.32. The molecule has 2 aromatic heterocycles. The van der Waals surface area contributed by atoms with Crippen molar-refractivity contribution < 1.29 is 9.53 Å². The molecule has 6 nitrogen and oxygen atoms in total. The minimum absolute atomic E-state index is 0.152. The minimum atomic E-state index is -0.161. The molecule has 1 N–H and O–H groups in total. The van der Waals surface area contributed by atoms with Crippen LogP contribution in [0.5, 0.6) is 0 Å². The Kier molecular flexibility index (Phi) is 5.48. The van der Waals surface area contributed by atoms with Gasteiger partial charge in [-0.1, -0.05) is 23.7 Å². The van der Waals surface area contributed by atoms with Gasteiger partial charge in [-0.15, -0.1) is 11.3 Å². The van der Waals surface area contributed by atoms with Gasteiger partial charge in [0, 0.05) is 54.4 Å². The van der Waals surface area contributed by atoms with E-state index in [2.05, 4.69) is 15.4 Å². The van der Waals surface area contributed by atoms with E-state index in [0.29, 0.717) is 30.5 Å². The number of nitrogens with one attached hydrogen (secondary N) is 1. The summed E-state index contributed by atoms with van der Waals surface area (Å²) < 4.78 is 7.28. The third-order valence-electron chi connectivity index (χ3n) is 5.18. The van der Waals surface area contributed by atoms with Gasteiger partial charge in [0.1, 0.15) is 10.7 Å². The Labute approximate surface area is 172 Å². The Morgan fingerprint density at radius 1 is 1.32 bits per heavy atom. The summed E-state index contributed by atoms with van der Waals surface area (Å²) in [5, 5.41) is 10.5. The van der Waals surface area contributed by atoms with E-state index in [-0.39, 0.29) is 11.3 Å². The Morgan fingerprint density at radius 3 is 2.75 bits per heavy atom. The zero-order chi connectivity index (χ0) is 19.6. The maximum atomic E-state index is 12.7. The number of amides is 1. The predicted molar refractivity (Wildman–Crippen MR) is 110 cm³/mol. The predicted octanol–water partition coefficient (Wildman–Crippen LogP) is 3.68. The summed E-state index contributed by atoms with van der Waals surface area (Å²) in [6.45, 7) is 1.90. The topological polar surface area (TPSA) is 69.0 Å². The fourth-order valence-corrected chi connectivity index (χ4v) is 4.42. The molecule has 28 heavy (non-hydrogen) atoms. The van der Waals surface area contributed by atoms with Gasteiger partial charge in [-0.25, -0.2) is 4.98 Å². The molecule has 0 spiro atoms. The van der Waals surface area contributed by atoms with Gasteiger partial charge in [-0.3, -0.25) is 9.48 Å². The highest BCUT2D eigenvalue weighted by atomic mass is 35.5. The van der Waals surface area contributed by atoms with E-state index in [9.17, 15) is 4.79 Å². The molecule has 0 saturated carbocycles. The maximum Gasteiger partial charge on any atom is 0.270 e. The van der Waals surface area contributed by atoms with Crippen molar-refractivity contribution >= 4 is 28.8 Å². The van der Waals surface area contributed by atoms with Crippen molar-refractivity contribution in [1.29, 1.82) is 0 Å². The largest absolute Gasteiger partial charge is 0.381 e. The van der Waals surface area contributed by atoms with E-state index in [0.717, 1.165) is 23.4 Å². The zero-order valence-electron chi connectivity index (χ0n) is 15.5. The van der Waals surface area contributed by atoms with E-state index < -0.39 is 0 Å². The van der Waals surface area contributed by atoms with Crippen LogP contribution in [0.3, 0.4) is 0 Å². The summed E-state index contributed by atoms with van der Waals surface area (Å²) in [7, 11) is 1.86. The lowest BCUT2D eigenvalue weighted by Gasteiger charge is -2.38. The number of aromatic nitrogens is 3. The number of carbonyl (C=O) groups excluding carboxylic acids is 1. The van der Waals surface area contributed by atoms with Crippen LogP contribution in [0.25, 0.3) is 10.6 Å². The van der Waals surface area contributed by atoms with Gasteiger partial charge in [0.2, 0.25) is 0 Å². The molecule has 1 aliphatic rings. The fourth-order valence-electron chi connectivity index (χ4n) is 3.52. The molecule has 0 unspecified atom stereocenters. The molecule has 0 atom stereocenters. The highest BCUT2D eigenvalue weighted by molar-refractivity contribution is 7.13. The van der Waals surface area contributed by atoms with Crippen molar-refractivity contribution in [3.63, 3.8) is 0 Å². The number of hydrogen-bond acceptors (Lipinski definition) is 5. The van der Waals surface area contributed by atoms with Gasteiger partial charge in [0.05, 0.1) is 6.20 Å². The molecule has 1 aromatic carbocycles. The zero-order valence-corrected chi connectivity index (χ0v) is 17.1. The smallest absolute Gasteiger partial charge is 0.270 e. The first-order valence-electron chi connectivity index (χ1n) is 9.12. The first-order chi connectivity index (χ1) is 13.6. The fraction of sp³-hybridized carbons (Fsp3) is 0.350. The van der Waals surface area contributed by atoms with E-state index in [4.69, 9.17) is 16.3 Å². The van der Waals surface area contributed by atoms with Crippen LogP contribution in [0.15, 0.2) is 42.0 Å². The lowest BCUT2D eigenvalue weighted by molar-refractivity contribution is 0.0487. The summed E-state index contributed by atoms with van der Waals surface area (Å²) in [4.78, 5) is 17.2. The second-order valence-electron chi connectivity index (χ2n) is 7.02. The average molecular weight is 417 g/mol. The number of benzene rings is 1. The molecular formula is C20H21ClN4O2S. The Hall–Kier alpha value is -2.22. The summed E-state index contributed by atoms with van der Waals surface area (Å²) in [6, 6.07) is 7.89. The molecule has 1 saturated heterocycles. The van der Waals surface area contributed by atoms with Crippen LogP contribution < -0.4 is 5.32 Å². The van der Waals surface area contributed by atoms with Crippen LogP contribution in [-0.4, -0.2) is 40.4 Å². The number of thiazole rings is 1. The second kappa shape index (κ2) is 8.03. The molecule has 8 heteroatoms. The van der Waals surface area contributed by atoms with E-state index >= 15 is 0 Å². The van der Waals surface area contributed by atoms with Crippen LogP contribution in [0.2, 0.25) is 5.02 Å². The number of halogens is 1. The lowest BCUT2D eigenvalue weighted by atomic mass is 9.74. The van der Waals surface area contributed by atoms with Crippen LogP contribution in [0.1, 0.15) is 28.9 Å². The van der Waals surface area contributed by atoms with Gasteiger partial charge in [-0.05, 0) is 30.5 Å². The summed E-state index contributed by atoms with van der Waals surface area (Å²) >= 11 is 7.49. The van der Waals surface area contributed by atoms with Crippen molar-refractivity contribution in [3.8, 4) is 10.6 Å². The van der Waals surface area contributed by atoms with Crippen LogP contribution in [-0.2, 0) is 17.2 Å². The first kappa shape index (κ1) is 19.1. The van der Waals surface area contributed by atoms with Gasteiger partial charge in [-0.2, -0.15) is 5.10 Å². The summed E-state index contributed by atoms with van der Waals surface area (Å²) in [6.07, 6.45) is 5.34. The quantitative estimate of drug-likeness (QED) is 0.688. The van der Waals surface area contributed by atoms with Crippen LogP contribution in [0.4, 0.5) is 0 Å². The molecule has 146 valence electrons. The third-order valence-corrected chi connectivity index (χ3v) is 6.33. The van der Waals surface area contributed by atoms with Gasteiger partial charge >= 0.3 is 0 Å². The Morgan fingerprint density at radius 2 is 2.07 bits per heavy atom. The van der Waals surface area contributed by atoms with E-state index in [1.54, 1.807) is 16.3 Å². The van der Waals surface area contributed by atoms with E-state index in [1.807, 2.05) is 37.5 Å². The molecule has 1 amide bonds. The number of carbonyl (C=O) groups is 1. The summed E-state index contributed by atoms with van der Waals surface area (Å²) in [5.41, 5.74) is 2.37. The molecule has 1 fully saturated rings. The Bertz CT molecular complexity index is 961. The molecule has 1 aliphatic heterocycles. The monoisotopic (exact) mass is 416 g/mol. The molecule has 3 heterocycles. The number of nitrogens with zero attached hydrogens (tertiary/aromatic N) is 3. The van der Waals surface area contributed by atoms with Gasteiger partial charge in [0.25, 0.3) is 5.91 Å². The molecule has 0 aliphatic carbocycles. The first-order valence-corrected chi connectivity index (χ1v) is 10.4.